The molecule has 0 unspecified atom stereocenters. The highest BCUT2D eigenvalue weighted by molar-refractivity contribution is 6.42. The highest BCUT2D eigenvalue weighted by Gasteiger charge is 2.35. The number of nitrogens with zero attached hydrogens (tertiary/aromatic N) is 2. The zero-order valence-electron chi connectivity index (χ0n) is 17.1. The summed E-state index contributed by atoms with van der Waals surface area (Å²) in [6.07, 6.45) is 1.51. The lowest BCUT2D eigenvalue weighted by atomic mass is 10.1. The predicted octanol–water partition coefficient (Wildman–Crippen LogP) is 1.61. The fourth-order valence-electron chi connectivity index (χ4n) is 3.62. The lowest BCUT2D eigenvalue weighted by Gasteiger charge is -2.41. The number of anilines is 1. The highest BCUT2D eigenvalue weighted by Crippen LogP contribution is 2.29. The summed E-state index contributed by atoms with van der Waals surface area (Å²) in [5.74, 6) is -0.320. The maximum Gasteiger partial charge on any atom is 0.326 e. The number of aromatic nitrogens is 2. The van der Waals surface area contributed by atoms with E-state index in [0.29, 0.717) is 28.0 Å². The summed E-state index contributed by atoms with van der Waals surface area (Å²) in [5, 5.41) is 3.53. The van der Waals surface area contributed by atoms with Crippen molar-refractivity contribution in [2.75, 3.05) is 24.5 Å². The molecule has 1 saturated heterocycles. The van der Waals surface area contributed by atoms with Crippen LogP contribution in [0.25, 0.3) is 0 Å². The Bertz CT molecular complexity index is 1260. The van der Waals surface area contributed by atoms with Gasteiger partial charge in [0.15, 0.2) is 0 Å². The van der Waals surface area contributed by atoms with Crippen molar-refractivity contribution in [2.45, 2.75) is 12.6 Å². The van der Waals surface area contributed by atoms with Crippen LogP contribution in [0.3, 0.4) is 0 Å². The van der Waals surface area contributed by atoms with Gasteiger partial charge in [-0.2, -0.15) is 0 Å². The molecule has 0 saturated carbocycles. The van der Waals surface area contributed by atoms with Crippen molar-refractivity contribution < 1.29 is 14.0 Å². The number of hydrogen-bond donors (Lipinski definition) is 3. The second kappa shape index (κ2) is 9.55. The second-order valence-corrected chi connectivity index (χ2v) is 8.17. The standard InChI is InChI=1S/C21H19Cl2N5O5/c22-14-4-3-12(8-15(14)23)28-6-5-27(20(31)16-9-18(29)26-21(32)25-16)11-17(28)19(30)24-10-13-2-1-7-33-13/h1-4,7-9,17H,5-6,10-11H2,(H,24,30)(H2,25,26,29,32)/t17-/m1/s1. The minimum Gasteiger partial charge on any atom is -0.467 e. The number of H-pyrrole nitrogens is 2. The van der Waals surface area contributed by atoms with Crippen LogP contribution in [0.5, 0.6) is 0 Å². The van der Waals surface area contributed by atoms with Gasteiger partial charge < -0.3 is 24.5 Å². The lowest BCUT2D eigenvalue weighted by Crippen LogP contribution is -2.60. The first-order valence-corrected chi connectivity index (χ1v) is 10.7. The maximum absolute atomic E-state index is 13.1. The fourth-order valence-corrected chi connectivity index (χ4v) is 3.92. The Morgan fingerprint density at radius 3 is 2.61 bits per heavy atom. The van der Waals surface area contributed by atoms with Crippen LogP contribution in [0.2, 0.25) is 10.0 Å². The number of furan rings is 1. The molecule has 0 bridgehead atoms. The van der Waals surface area contributed by atoms with Gasteiger partial charge in [0.1, 0.15) is 17.5 Å². The van der Waals surface area contributed by atoms with Gasteiger partial charge in [-0.3, -0.25) is 19.4 Å². The van der Waals surface area contributed by atoms with Gasteiger partial charge in [-0.25, -0.2) is 4.79 Å². The van der Waals surface area contributed by atoms with Gasteiger partial charge in [0.25, 0.3) is 11.5 Å². The summed E-state index contributed by atoms with van der Waals surface area (Å²) >= 11 is 12.2. The van der Waals surface area contributed by atoms with Crippen LogP contribution in [-0.4, -0.2) is 52.4 Å². The van der Waals surface area contributed by atoms with Crippen molar-refractivity contribution in [1.82, 2.24) is 20.2 Å². The molecule has 1 atom stereocenters. The first-order valence-electron chi connectivity index (χ1n) is 9.96. The third-order valence-electron chi connectivity index (χ3n) is 5.21. The van der Waals surface area contributed by atoms with Crippen LogP contribution in [0.4, 0.5) is 5.69 Å². The Labute approximate surface area is 197 Å². The van der Waals surface area contributed by atoms with Crippen molar-refractivity contribution in [3.05, 3.63) is 85.0 Å². The number of amides is 2. The predicted molar refractivity (Wildman–Crippen MR) is 122 cm³/mol. The van der Waals surface area contributed by atoms with E-state index in [1.807, 2.05) is 9.88 Å². The molecule has 1 fully saturated rings. The molecule has 0 radical (unpaired) electrons. The number of rotatable bonds is 5. The molecule has 172 valence electrons. The van der Waals surface area contributed by atoms with E-state index in [2.05, 4.69) is 10.3 Å². The van der Waals surface area contributed by atoms with E-state index in [4.69, 9.17) is 27.6 Å². The van der Waals surface area contributed by atoms with Gasteiger partial charge in [-0.15, -0.1) is 0 Å². The molecule has 3 N–H and O–H groups in total. The SMILES string of the molecule is O=C(NCc1ccco1)[C@H]1CN(C(=O)c2cc(=O)[nH]c(=O)[nH]2)CCN1c1ccc(Cl)c(Cl)c1. The van der Waals surface area contributed by atoms with Crippen molar-refractivity contribution in [2.24, 2.45) is 0 Å². The van der Waals surface area contributed by atoms with Crippen molar-refractivity contribution in [3.63, 3.8) is 0 Å². The van der Waals surface area contributed by atoms with Crippen LogP contribution in [0.1, 0.15) is 16.2 Å². The molecule has 12 heteroatoms. The number of nitrogens with one attached hydrogen (secondary N) is 3. The minimum absolute atomic E-state index is 0.0118. The lowest BCUT2D eigenvalue weighted by molar-refractivity contribution is -0.123. The normalized spacial score (nSPS) is 16.0. The van der Waals surface area contributed by atoms with E-state index in [0.717, 1.165) is 6.07 Å². The number of benzene rings is 1. The van der Waals surface area contributed by atoms with Crippen molar-refractivity contribution >= 4 is 40.7 Å². The fraction of sp³-hybridized carbons (Fsp3) is 0.238. The Balaban J connectivity index is 1.59. The average Bonchev–Trinajstić information content (AvgIpc) is 3.31. The van der Waals surface area contributed by atoms with E-state index in [9.17, 15) is 19.2 Å². The molecule has 33 heavy (non-hydrogen) atoms. The minimum atomic E-state index is -0.784. The Morgan fingerprint density at radius 2 is 1.91 bits per heavy atom. The number of carbonyl (C=O) groups is 2. The van der Waals surface area contributed by atoms with Gasteiger partial charge in [-0.1, -0.05) is 23.2 Å². The van der Waals surface area contributed by atoms with Crippen LogP contribution >= 0.6 is 23.2 Å². The van der Waals surface area contributed by atoms with Crippen LogP contribution in [0.15, 0.2) is 56.7 Å². The topological polar surface area (TPSA) is 132 Å². The zero-order chi connectivity index (χ0) is 23.5. The first kappa shape index (κ1) is 22.7. The number of piperazine rings is 1. The van der Waals surface area contributed by atoms with E-state index in [1.165, 1.54) is 11.2 Å². The molecule has 1 aliphatic heterocycles. The summed E-state index contributed by atoms with van der Waals surface area (Å²) in [7, 11) is 0. The average molecular weight is 492 g/mol. The molecule has 1 aliphatic rings. The molecule has 3 aromatic rings. The monoisotopic (exact) mass is 491 g/mol. The molecule has 4 rings (SSSR count). The van der Waals surface area contributed by atoms with Crippen molar-refractivity contribution in [3.8, 4) is 0 Å². The first-order chi connectivity index (χ1) is 15.8. The van der Waals surface area contributed by atoms with Gasteiger partial charge in [0.2, 0.25) is 5.91 Å². The van der Waals surface area contributed by atoms with Gasteiger partial charge in [0.05, 0.1) is 29.4 Å². The number of halogens is 2. The van der Waals surface area contributed by atoms with Crippen LogP contribution in [0, 0.1) is 0 Å². The Hall–Kier alpha value is -3.50. The van der Waals surface area contributed by atoms with Crippen LogP contribution in [-0.2, 0) is 11.3 Å². The molecule has 0 spiro atoms. The summed E-state index contributed by atoms with van der Waals surface area (Å²) in [6, 6.07) is 8.72. The molecule has 1 aromatic carbocycles. The molecule has 2 aromatic heterocycles. The quantitative estimate of drug-likeness (QED) is 0.496. The zero-order valence-corrected chi connectivity index (χ0v) is 18.7. The largest absolute Gasteiger partial charge is 0.467 e. The number of carbonyl (C=O) groups excluding carboxylic acids is 2. The van der Waals surface area contributed by atoms with E-state index >= 15 is 0 Å². The molecule has 0 aliphatic carbocycles. The van der Waals surface area contributed by atoms with E-state index < -0.39 is 23.2 Å². The van der Waals surface area contributed by atoms with E-state index in [-0.39, 0.29) is 31.2 Å². The number of aromatic amines is 2. The maximum atomic E-state index is 13.1. The molecule has 3 heterocycles. The molecule has 10 nitrogen and oxygen atoms in total. The van der Waals surface area contributed by atoms with Crippen LogP contribution < -0.4 is 21.5 Å². The van der Waals surface area contributed by atoms with Gasteiger partial charge in [-0.05, 0) is 30.3 Å². The third kappa shape index (κ3) is 5.12. The van der Waals surface area contributed by atoms with Gasteiger partial charge >= 0.3 is 5.69 Å². The second-order valence-electron chi connectivity index (χ2n) is 7.36. The molecule has 2 amide bonds. The molecular formula is C21H19Cl2N5O5. The Kier molecular flexibility index (Phi) is 6.57. The van der Waals surface area contributed by atoms with Crippen molar-refractivity contribution in [1.29, 1.82) is 0 Å². The molecular weight excluding hydrogens is 473 g/mol. The summed E-state index contributed by atoms with van der Waals surface area (Å²) in [6.45, 7) is 0.733. The summed E-state index contributed by atoms with van der Waals surface area (Å²) in [4.78, 5) is 56.9. The third-order valence-corrected chi connectivity index (χ3v) is 5.95. The summed E-state index contributed by atoms with van der Waals surface area (Å²) < 4.78 is 5.26. The smallest absolute Gasteiger partial charge is 0.326 e. The highest BCUT2D eigenvalue weighted by atomic mass is 35.5. The summed E-state index contributed by atoms with van der Waals surface area (Å²) in [5.41, 5.74) is -0.960. The van der Waals surface area contributed by atoms with Gasteiger partial charge in [0, 0.05) is 24.8 Å². The Morgan fingerprint density at radius 1 is 1.09 bits per heavy atom. The van der Waals surface area contributed by atoms with E-state index in [1.54, 1.807) is 30.3 Å². The number of hydrogen-bond acceptors (Lipinski definition) is 6.